The minimum atomic E-state index is -0.513. The number of benzene rings is 2. The molecule has 4 aromatic rings. The maximum absolute atomic E-state index is 13.2. The molecule has 6 rings (SSSR count). The number of rotatable bonds is 6. The van der Waals surface area contributed by atoms with Gasteiger partial charge >= 0.3 is 6.03 Å². The van der Waals surface area contributed by atoms with Crippen LogP contribution in [0.3, 0.4) is 0 Å². The van der Waals surface area contributed by atoms with Gasteiger partial charge in [0.1, 0.15) is 11.5 Å². The second-order valence-electron chi connectivity index (χ2n) is 8.31. The van der Waals surface area contributed by atoms with Crippen LogP contribution >= 0.6 is 0 Å². The second kappa shape index (κ2) is 8.81. The predicted molar refractivity (Wildman–Crippen MR) is 127 cm³/mol. The lowest BCUT2D eigenvalue weighted by Gasteiger charge is -2.34. The molecule has 2 aliphatic heterocycles. The monoisotopic (exact) mass is 486 g/mol. The summed E-state index contributed by atoms with van der Waals surface area (Å²) in [5, 5.41) is 7.29. The first-order chi connectivity index (χ1) is 17.6. The van der Waals surface area contributed by atoms with E-state index >= 15 is 0 Å². The lowest BCUT2D eigenvalue weighted by molar-refractivity contribution is 0.174. The van der Waals surface area contributed by atoms with Gasteiger partial charge in [0.05, 0.1) is 31.5 Å². The average Bonchev–Trinajstić information content (AvgIpc) is 3.68. The molecule has 2 amide bonds. The van der Waals surface area contributed by atoms with Gasteiger partial charge in [-0.2, -0.15) is 4.98 Å². The molecule has 0 aliphatic carbocycles. The number of methoxy groups -OCH3 is 1. The summed E-state index contributed by atoms with van der Waals surface area (Å²) in [5.41, 5.74) is 2.93. The Balaban J connectivity index is 1.42. The number of ether oxygens (including phenoxy) is 3. The van der Waals surface area contributed by atoms with Crippen LogP contribution in [-0.4, -0.2) is 35.0 Å². The lowest BCUT2D eigenvalue weighted by Crippen LogP contribution is -2.45. The highest BCUT2D eigenvalue weighted by molar-refractivity contribution is 5.86. The molecule has 0 bridgehead atoms. The Hall–Kier alpha value is -4.73. The highest BCUT2D eigenvalue weighted by atomic mass is 16.7. The van der Waals surface area contributed by atoms with E-state index in [4.69, 9.17) is 23.2 Å². The summed E-state index contributed by atoms with van der Waals surface area (Å²) in [7, 11) is 1.61. The van der Waals surface area contributed by atoms with Crippen molar-refractivity contribution in [2.24, 2.45) is 0 Å². The number of nitrogens with one attached hydrogen (secondary N) is 1. The van der Waals surface area contributed by atoms with Crippen LogP contribution in [0.2, 0.25) is 0 Å². The van der Waals surface area contributed by atoms with Gasteiger partial charge in [0.25, 0.3) is 5.89 Å². The Labute approximate surface area is 206 Å². The fraction of sp³-hybridized carbons (Fsp3) is 0.192. The molecule has 1 atom stereocenters. The van der Waals surface area contributed by atoms with E-state index in [-0.39, 0.29) is 19.4 Å². The van der Waals surface area contributed by atoms with Crippen molar-refractivity contribution in [3.63, 3.8) is 0 Å². The molecule has 1 unspecified atom stereocenters. The zero-order valence-electron chi connectivity index (χ0n) is 19.6. The summed E-state index contributed by atoms with van der Waals surface area (Å²) in [4.78, 5) is 19.5. The molecule has 0 saturated carbocycles. The topological polar surface area (TPSA) is 112 Å². The number of amides is 2. The van der Waals surface area contributed by atoms with Crippen molar-refractivity contribution in [3.8, 4) is 28.6 Å². The summed E-state index contributed by atoms with van der Waals surface area (Å²) in [5.74, 6) is 3.35. The second-order valence-corrected chi connectivity index (χ2v) is 8.31. The van der Waals surface area contributed by atoms with Crippen LogP contribution < -0.4 is 19.5 Å². The van der Waals surface area contributed by atoms with E-state index in [1.807, 2.05) is 55.5 Å². The third kappa shape index (κ3) is 3.82. The number of furan rings is 1. The van der Waals surface area contributed by atoms with Gasteiger partial charge < -0.3 is 28.5 Å². The molecule has 1 N–H and O–H groups in total. The zero-order valence-corrected chi connectivity index (χ0v) is 19.6. The molecule has 0 spiro atoms. The maximum atomic E-state index is 13.2. The quantitative estimate of drug-likeness (QED) is 0.415. The van der Waals surface area contributed by atoms with E-state index in [0.717, 1.165) is 11.1 Å². The van der Waals surface area contributed by atoms with Crippen molar-refractivity contribution < 1.29 is 27.9 Å². The molecule has 0 saturated heterocycles. The van der Waals surface area contributed by atoms with Gasteiger partial charge in [-0.1, -0.05) is 17.3 Å². The third-order valence-corrected chi connectivity index (χ3v) is 6.23. The minimum Gasteiger partial charge on any atom is -0.497 e. The smallest absolute Gasteiger partial charge is 0.322 e. The van der Waals surface area contributed by atoms with Gasteiger partial charge in [-0.25, -0.2) is 4.79 Å². The van der Waals surface area contributed by atoms with E-state index in [2.05, 4.69) is 15.5 Å². The van der Waals surface area contributed by atoms with Crippen LogP contribution in [0.15, 0.2) is 75.5 Å². The van der Waals surface area contributed by atoms with Gasteiger partial charge in [-0.05, 0) is 55.0 Å². The van der Waals surface area contributed by atoms with Gasteiger partial charge in [0.2, 0.25) is 12.6 Å². The average molecular weight is 486 g/mol. The summed E-state index contributed by atoms with van der Waals surface area (Å²) >= 11 is 0. The van der Waals surface area contributed by atoms with Gasteiger partial charge in [-0.3, -0.25) is 4.90 Å². The molecule has 2 aromatic carbocycles. The zero-order chi connectivity index (χ0) is 24.6. The Morgan fingerprint density at radius 3 is 2.72 bits per heavy atom. The summed E-state index contributed by atoms with van der Waals surface area (Å²) in [6.07, 6.45) is 1.58. The van der Waals surface area contributed by atoms with E-state index in [1.54, 1.807) is 24.3 Å². The van der Waals surface area contributed by atoms with E-state index in [0.29, 0.717) is 46.0 Å². The van der Waals surface area contributed by atoms with Gasteiger partial charge in [0, 0.05) is 11.3 Å². The van der Waals surface area contributed by atoms with Crippen LogP contribution in [0.5, 0.6) is 17.2 Å². The molecular formula is C26H22N4O6. The van der Waals surface area contributed by atoms with Crippen molar-refractivity contribution in [1.82, 2.24) is 20.4 Å². The van der Waals surface area contributed by atoms with Gasteiger partial charge in [-0.15, -0.1) is 0 Å². The van der Waals surface area contributed by atoms with Crippen LogP contribution in [0.4, 0.5) is 4.79 Å². The first-order valence-corrected chi connectivity index (χ1v) is 11.3. The molecule has 0 fully saturated rings. The molecule has 10 heteroatoms. The number of nitrogens with zero attached hydrogens (tertiary/aromatic N) is 3. The number of fused-ring (bicyclic) bond motifs is 1. The Bertz CT molecular complexity index is 1440. The Kier molecular flexibility index (Phi) is 5.33. The first-order valence-electron chi connectivity index (χ1n) is 11.3. The van der Waals surface area contributed by atoms with Crippen LogP contribution in [0.1, 0.15) is 30.2 Å². The van der Waals surface area contributed by atoms with E-state index in [1.165, 1.54) is 0 Å². The molecule has 0 radical (unpaired) electrons. The predicted octanol–water partition coefficient (Wildman–Crippen LogP) is 4.76. The Morgan fingerprint density at radius 2 is 1.94 bits per heavy atom. The molecular weight excluding hydrogens is 464 g/mol. The van der Waals surface area contributed by atoms with Crippen LogP contribution in [-0.2, 0) is 6.54 Å². The number of allylic oxidation sites excluding steroid dienone is 1. The fourth-order valence-corrected chi connectivity index (χ4v) is 4.34. The number of urea groups is 1. The normalized spacial score (nSPS) is 16.9. The lowest BCUT2D eigenvalue weighted by atomic mass is 9.94. The van der Waals surface area contributed by atoms with Crippen molar-refractivity contribution in [2.45, 2.75) is 19.5 Å². The van der Waals surface area contributed by atoms with Crippen molar-refractivity contribution in [2.75, 3.05) is 13.9 Å². The maximum Gasteiger partial charge on any atom is 0.322 e. The standard InChI is InChI=1S/C26H22N4O6/c1-15-22(25-28-24(29-36-25)17-7-10-20-21(12-17)35-14-34-20)23(16-5-8-18(32-2)9-6-16)27-26(31)30(15)13-19-4-3-11-33-19/h3-12,23H,13-14H2,1-2H3,(H,27,31). The van der Waals surface area contributed by atoms with Crippen LogP contribution in [0.25, 0.3) is 17.0 Å². The number of aromatic nitrogens is 2. The SMILES string of the molecule is COc1ccc(C2NC(=O)N(Cc3ccco3)C(C)=C2c2nc(-c3ccc4c(c3)OCO4)no2)cc1. The highest BCUT2D eigenvalue weighted by Gasteiger charge is 2.36. The number of carbonyl (C=O) groups excluding carboxylic acids is 1. The highest BCUT2D eigenvalue weighted by Crippen LogP contribution is 2.39. The summed E-state index contributed by atoms with van der Waals surface area (Å²) < 4.78 is 27.4. The number of hydrogen-bond donors (Lipinski definition) is 1. The fourth-order valence-electron chi connectivity index (χ4n) is 4.34. The largest absolute Gasteiger partial charge is 0.497 e. The van der Waals surface area contributed by atoms with E-state index in [9.17, 15) is 4.79 Å². The molecule has 36 heavy (non-hydrogen) atoms. The number of hydrogen-bond acceptors (Lipinski definition) is 8. The third-order valence-electron chi connectivity index (χ3n) is 6.23. The minimum absolute atomic E-state index is 0.178. The molecule has 2 aliphatic rings. The Morgan fingerprint density at radius 1 is 1.11 bits per heavy atom. The van der Waals surface area contributed by atoms with Crippen molar-refractivity contribution in [1.29, 1.82) is 0 Å². The van der Waals surface area contributed by atoms with Crippen molar-refractivity contribution >= 4 is 11.6 Å². The molecule has 10 nitrogen and oxygen atoms in total. The molecule has 182 valence electrons. The van der Waals surface area contributed by atoms with Crippen LogP contribution in [0, 0.1) is 0 Å². The molecule has 2 aromatic heterocycles. The molecule has 4 heterocycles. The van der Waals surface area contributed by atoms with Crippen molar-refractivity contribution in [3.05, 3.63) is 83.8 Å². The first kappa shape index (κ1) is 21.8. The summed E-state index contributed by atoms with van der Waals surface area (Å²) in [6, 6.07) is 15.8. The van der Waals surface area contributed by atoms with E-state index < -0.39 is 6.04 Å². The van der Waals surface area contributed by atoms with Gasteiger partial charge in [0.15, 0.2) is 11.5 Å². The summed E-state index contributed by atoms with van der Waals surface area (Å²) in [6.45, 7) is 2.29. The number of carbonyl (C=O) groups is 1.